The fraction of sp³-hybridized carbons (Fsp3) is 0.0278. The second kappa shape index (κ2) is 7.89. The van der Waals surface area contributed by atoms with Crippen molar-refractivity contribution in [3.8, 4) is 28.1 Å². The zero-order chi connectivity index (χ0) is 25.5. The van der Waals surface area contributed by atoms with E-state index >= 15 is 0 Å². The van der Waals surface area contributed by atoms with Crippen LogP contribution in [-0.4, -0.2) is 9.55 Å². The Balaban J connectivity index is 1.31. The van der Waals surface area contributed by atoms with Crippen LogP contribution in [0.15, 0.2) is 121 Å². The maximum atomic E-state index is 4.96. The van der Waals surface area contributed by atoms with Gasteiger partial charge in [0.2, 0.25) is 0 Å². The molecule has 0 spiro atoms. The van der Waals surface area contributed by atoms with Crippen molar-refractivity contribution >= 4 is 53.3 Å². The summed E-state index contributed by atoms with van der Waals surface area (Å²) in [6.07, 6.45) is 3.02. The Morgan fingerprint density at radius 3 is 2.33 bits per heavy atom. The molecule has 0 aliphatic heterocycles. The van der Waals surface area contributed by atoms with E-state index in [-0.39, 0.29) is 0 Å². The first-order valence-electron chi connectivity index (χ1n) is 13.3. The van der Waals surface area contributed by atoms with Crippen molar-refractivity contribution in [3.05, 3.63) is 133 Å². The summed E-state index contributed by atoms with van der Waals surface area (Å²) >= 11 is 1.93. The first-order chi connectivity index (χ1) is 19.3. The van der Waals surface area contributed by atoms with Crippen LogP contribution in [0.25, 0.3) is 70.0 Å². The molecule has 1 aliphatic rings. The molecular formula is C36H22N2S. The van der Waals surface area contributed by atoms with Crippen molar-refractivity contribution in [3.63, 3.8) is 0 Å². The topological polar surface area (TPSA) is 17.8 Å². The number of aromatic nitrogens is 2. The molecule has 0 fully saturated rings. The number of benzene rings is 5. The molecule has 2 nitrogen and oxygen atoms in total. The molecule has 1 aliphatic carbocycles. The lowest BCUT2D eigenvalue weighted by Gasteiger charge is -2.08. The Labute approximate surface area is 229 Å². The van der Waals surface area contributed by atoms with Crippen molar-refractivity contribution in [2.24, 2.45) is 0 Å². The minimum Gasteiger partial charge on any atom is -0.294 e. The highest BCUT2D eigenvalue weighted by molar-refractivity contribution is 7.26. The summed E-state index contributed by atoms with van der Waals surface area (Å²) in [5, 5.41) is 5.22. The summed E-state index contributed by atoms with van der Waals surface area (Å²) in [5.41, 5.74) is 10.4. The molecule has 0 unspecified atom stereocenters. The first kappa shape index (κ1) is 21.2. The van der Waals surface area contributed by atoms with Gasteiger partial charge in [-0.3, -0.25) is 4.57 Å². The van der Waals surface area contributed by atoms with Crippen LogP contribution in [0.4, 0.5) is 0 Å². The molecule has 8 aromatic rings. The van der Waals surface area contributed by atoms with Gasteiger partial charge in [0.15, 0.2) is 0 Å². The lowest BCUT2D eigenvalue weighted by Crippen LogP contribution is -1.97. The fourth-order valence-electron chi connectivity index (χ4n) is 6.48. The van der Waals surface area contributed by atoms with Gasteiger partial charge in [0, 0.05) is 48.3 Å². The fourth-order valence-corrected chi connectivity index (χ4v) is 7.78. The Hall–Kier alpha value is -4.73. The van der Waals surface area contributed by atoms with Crippen molar-refractivity contribution in [2.45, 2.75) is 6.42 Å². The Bertz CT molecular complexity index is 2240. The lowest BCUT2D eigenvalue weighted by atomic mass is 10.0. The highest BCUT2D eigenvalue weighted by atomic mass is 32.1. The Morgan fingerprint density at radius 1 is 0.590 bits per heavy atom. The smallest absolute Gasteiger partial charge is 0.137 e. The van der Waals surface area contributed by atoms with Crippen molar-refractivity contribution in [1.82, 2.24) is 9.55 Å². The molecule has 0 bridgehead atoms. The summed E-state index contributed by atoms with van der Waals surface area (Å²) in [6, 6.07) is 41.8. The average Bonchev–Trinajstić information content (AvgIpc) is 3.65. The van der Waals surface area contributed by atoms with E-state index in [0.717, 1.165) is 17.8 Å². The zero-order valence-corrected chi connectivity index (χ0v) is 21.9. The normalized spacial score (nSPS) is 12.5. The van der Waals surface area contributed by atoms with Crippen LogP contribution in [0, 0.1) is 0 Å². The molecule has 0 saturated heterocycles. The zero-order valence-electron chi connectivity index (χ0n) is 21.1. The van der Waals surface area contributed by atoms with Gasteiger partial charge in [-0.05, 0) is 59.0 Å². The van der Waals surface area contributed by atoms with Gasteiger partial charge in [-0.1, -0.05) is 84.9 Å². The highest BCUT2D eigenvalue weighted by Gasteiger charge is 2.23. The minimum atomic E-state index is 0.941. The summed E-state index contributed by atoms with van der Waals surface area (Å²) in [4.78, 5) is 4.96. The van der Waals surface area contributed by atoms with Crippen LogP contribution in [0.5, 0.6) is 0 Å². The SMILES string of the molecule is c1ccc(-c2ccc(-n3c4ccccc4c4cc5c(cc43)sc3c4c(ccc35)Cc3ccccc3-4)nc2)cc1. The summed E-state index contributed by atoms with van der Waals surface area (Å²) in [6.45, 7) is 0. The number of hydrogen-bond acceptors (Lipinski definition) is 2. The number of pyridine rings is 1. The second-order valence-corrected chi connectivity index (χ2v) is 11.5. The molecule has 9 rings (SSSR count). The summed E-state index contributed by atoms with van der Waals surface area (Å²) < 4.78 is 5.05. The molecule has 0 radical (unpaired) electrons. The maximum Gasteiger partial charge on any atom is 0.137 e. The van der Waals surface area contributed by atoms with E-state index in [1.807, 2.05) is 23.6 Å². The van der Waals surface area contributed by atoms with Crippen LogP contribution in [-0.2, 0) is 6.42 Å². The van der Waals surface area contributed by atoms with Crippen LogP contribution in [0.2, 0.25) is 0 Å². The molecule has 182 valence electrons. The molecule has 39 heavy (non-hydrogen) atoms. The number of rotatable bonds is 2. The highest BCUT2D eigenvalue weighted by Crippen LogP contribution is 2.48. The molecule has 3 heterocycles. The molecule has 5 aromatic carbocycles. The molecule has 3 aromatic heterocycles. The van der Waals surface area contributed by atoms with Crippen LogP contribution >= 0.6 is 11.3 Å². The Kier molecular flexibility index (Phi) is 4.29. The molecule has 0 saturated carbocycles. The monoisotopic (exact) mass is 514 g/mol. The predicted octanol–water partition coefficient (Wildman–Crippen LogP) is 9.78. The van der Waals surface area contributed by atoms with Crippen LogP contribution < -0.4 is 0 Å². The number of fused-ring (bicyclic) bond motifs is 10. The minimum absolute atomic E-state index is 0.941. The number of thiophene rings is 1. The van der Waals surface area contributed by atoms with Crippen molar-refractivity contribution < 1.29 is 0 Å². The predicted molar refractivity (Wildman–Crippen MR) is 165 cm³/mol. The van der Waals surface area contributed by atoms with Gasteiger partial charge < -0.3 is 0 Å². The van der Waals surface area contributed by atoms with Crippen molar-refractivity contribution in [2.75, 3.05) is 0 Å². The van der Waals surface area contributed by atoms with Gasteiger partial charge in [0.25, 0.3) is 0 Å². The molecule has 0 atom stereocenters. The van der Waals surface area contributed by atoms with E-state index in [1.54, 1.807) is 0 Å². The van der Waals surface area contributed by atoms with E-state index in [1.165, 1.54) is 69.8 Å². The van der Waals surface area contributed by atoms with Crippen LogP contribution in [0.3, 0.4) is 0 Å². The molecule has 3 heteroatoms. The van der Waals surface area contributed by atoms with Gasteiger partial charge in [-0.15, -0.1) is 11.3 Å². The number of nitrogens with zero attached hydrogens (tertiary/aromatic N) is 2. The lowest BCUT2D eigenvalue weighted by molar-refractivity contribution is 1.08. The van der Waals surface area contributed by atoms with Gasteiger partial charge in [0.1, 0.15) is 5.82 Å². The Morgan fingerprint density at radius 2 is 1.44 bits per heavy atom. The van der Waals surface area contributed by atoms with E-state index in [0.29, 0.717) is 0 Å². The number of hydrogen-bond donors (Lipinski definition) is 0. The quantitative estimate of drug-likeness (QED) is 0.224. The first-order valence-corrected chi connectivity index (χ1v) is 14.2. The van der Waals surface area contributed by atoms with Gasteiger partial charge in [-0.2, -0.15) is 0 Å². The summed E-state index contributed by atoms with van der Waals surface area (Å²) in [7, 11) is 0. The van der Waals surface area contributed by atoms with E-state index < -0.39 is 0 Å². The van der Waals surface area contributed by atoms with Gasteiger partial charge in [0.05, 0.1) is 11.0 Å². The second-order valence-electron chi connectivity index (χ2n) is 10.4. The molecular weight excluding hydrogens is 492 g/mol. The largest absolute Gasteiger partial charge is 0.294 e. The summed E-state index contributed by atoms with van der Waals surface area (Å²) in [5.74, 6) is 0.941. The average molecular weight is 515 g/mol. The van der Waals surface area contributed by atoms with Gasteiger partial charge >= 0.3 is 0 Å². The van der Waals surface area contributed by atoms with Gasteiger partial charge in [-0.25, -0.2) is 4.98 Å². The van der Waals surface area contributed by atoms with Crippen molar-refractivity contribution in [1.29, 1.82) is 0 Å². The maximum absolute atomic E-state index is 4.96. The third kappa shape index (κ3) is 2.99. The third-order valence-corrected chi connectivity index (χ3v) is 9.46. The van der Waals surface area contributed by atoms with E-state index in [9.17, 15) is 0 Å². The van der Waals surface area contributed by atoms with Crippen LogP contribution in [0.1, 0.15) is 11.1 Å². The molecule has 0 N–H and O–H groups in total. The standard InChI is InChI=1S/C36H22N2S/c1-2-8-22(9-3-1)25-15-17-34(37-21-25)38-31-13-7-6-12-27(31)29-19-30-28-16-14-24-18-23-10-4-5-11-26(23)35(24)36(28)39-33(30)20-32(29)38/h1-17,19-21H,18H2. The van der Waals surface area contributed by atoms with E-state index in [4.69, 9.17) is 4.98 Å². The van der Waals surface area contributed by atoms with E-state index in [2.05, 4.69) is 114 Å². The number of para-hydroxylation sites is 1. The molecule has 0 amide bonds. The third-order valence-electron chi connectivity index (χ3n) is 8.27.